The number of hydrogen-bond acceptors (Lipinski definition) is 4. The van der Waals surface area contributed by atoms with E-state index in [0.29, 0.717) is 0 Å². The number of carbonyl (C=O) groups excluding carboxylic acids is 1. The van der Waals surface area contributed by atoms with Crippen molar-refractivity contribution in [1.82, 2.24) is 0 Å². The van der Waals surface area contributed by atoms with Crippen molar-refractivity contribution in [2.24, 2.45) is 4.99 Å². The van der Waals surface area contributed by atoms with E-state index in [0.717, 1.165) is 27.5 Å². The van der Waals surface area contributed by atoms with Gasteiger partial charge in [0, 0.05) is 16.0 Å². The van der Waals surface area contributed by atoms with Crippen LogP contribution in [0.5, 0.6) is 0 Å². The lowest BCUT2D eigenvalue weighted by Crippen LogP contribution is -2.42. The minimum Gasteiger partial charge on any atom is -0.464 e. The Labute approximate surface area is 108 Å². The molecule has 0 fully saturated rings. The molecule has 0 amide bonds. The molecule has 4 nitrogen and oxygen atoms in total. The molecule has 19 heavy (non-hydrogen) atoms. The third-order valence-corrected chi connectivity index (χ3v) is 3.32. The van der Waals surface area contributed by atoms with Crippen LogP contribution >= 0.6 is 0 Å². The van der Waals surface area contributed by atoms with Crippen LogP contribution in [-0.4, -0.2) is 18.3 Å². The van der Waals surface area contributed by atoms with Gasteiger partial charge in [-0.15, -0.1) is 0 Å². The normalized spacial score (nSPS) is 22.8. The van der Waals surface area contributed by atoms with Crippen molar-refractivity contribution in [3.8, 4) is 0 Å². The van der Waals surface area contributed by atoms with Crippen molar-refractivity contribution in [3.05, 3.63) is 58.7 Å². The molecule has 1 unspecified atom stereocenters. The van der Waals surface area contributed by atoms with Gasteiger partial charge in [0.15, 0.2) is 6.10 Å². The van der Waals surface area contributed by atoms with Gasteiger partial charge >= 0.3 is 5.97 Å². The summed E-state index contributed by atoms with van der Waals surface area (Å²) in [6, 6.07) is 7.82. The van der Waals surface area contributed by atoms with Crippen LogP contribution in [0.2, 0.25) is 0 Å². The molecule has 0 saturated heterocycles. The molecular weight excluding hydrogens is 242 g/mol. The van der Waals surface area contributed by atoms with Crippen molar-refractivity contribution in [3.63, 3.8) is 0 Å². The fourth-order valence-electron chi connectivity index (χ4n) is 2.54. The van der Waals surface area contributed by atoms with Gasteiger partial charge in [-0.25, -0.2) is 9.79 Å². The number of rotatable bonds is 0. The molecule has 1 aromatic rings. The monoisotopic (exact) mass is 251 g/mol. The van der Waals surface area contributed by atoms with Gasteiger partial charge in [-0.2, -0.15) is 0 Å². The van der Waals surface area contributed by atoms with Crippen molar-refractivity contribution >= 4 is 23.6 Å². The number of aliphatic imine (C=N–C) groups is 1. The lowest BCUT2D eigenvalue weighted by atomic mass is 9.93. The van der Waals surface area contributed by atoms with Crippen molar-refractivity contribution in [2.75, 3.05) is 0 Å². The fraction of sp³-hybridized carbons (Fsp3) is 0.0667. The molecular formula is C15H9NO3. The van der Waals surface area contributed by atoms with Gasteiger partial charge in [0.05, 0.1) is 12.0 Å². The predicted octanol–water partition coefficient (Wildman–Crippen LogP) is 0.383. The molecule has 1 aromatic carbocycles. The van der Waals surface area contributed by atoms with Crippen LogP contribution < -0.4 is 10.4 Å². The summed E-state index contributed by atoms with van der Waals surface area (Å²) < 4.78 is 11.0. The fourth-order valence-corrected chi connectivity index (χ4v) is 2.54. The first-order valence-electron chi connectivity index (χ1n) is 5.96. The average Bonchev–Trinajstić information content (AvgIpc) is 2.47. The average molecular weight is 251 g/mol. The molecule has 2 heterocycles. The number of esters is 1. The highest BCUT2D eigenvalue weighted by molar-refractivity contribution is 6.25. The summed E-state index contributed by atoms with van der Waals surface area (Å²) in [7, 11) is 0. The molecule has 0 saturated carbocycles. The Hall–Kier alpha value is -2.62. The highest BCUT2D eigenvalue weighted by Crippen LogP contribution is 2.30. The van der Waals surface area contributed by atoms with E-state index in [4.69, 9.17) is 9.47 Å². The SMILES string of the molecule is O=C1C=NC2=c3ccccc3=C3OC=CC=C3C2O1. The Balaban J connectivity index is 2.16. The summed E-state index contributed by atoms with van der Waals surface area (Å²) in [6.07, 6.45) is 6.04. The minimum absolute atomic E-state index is 0.428. The van der Waals surface area contributed by atoms with E-state index >= 15 is 0 Å². The maximum Gasteiger partial charge on any atom is 0.350 e. The van der Waals surface area contributed by atoms with E-state index in [2.05, 4.69) is 4.99 Å². The Morgan fingerprint density at radius 3 is 2.89 bits per heavy atom. The highest BCUT2D eigenvalue weighted by atomic mass is 16.5. The Morgan fingerprint density at radius 1 is 1.16 bits per heavy atom. The topological polar surface area (TPSA) is 47.9 Å². The number of benzene rings is 1. The summed E-state index contributed by atoms with van der Waals surface area (Å²) >= 11 is 0. The Kier molecular flexibility index (Phi) is 2.00. The molecule has 1 aliphatic carbocycles. The van der Waals surface area contributed by atoms with E-state index in [1.54, 1.807) is 12.3 Å². The Bertz CT molecular complexity index is 799. The number of hydrogen-bond donors (Lipinski definition) is 0. The third kappa shape index (κ3) is 1.40. The Morgan fingerprint density at radius 2 is 2.00 bits per heavy atom. The zero-order chi connectivity index (χ0) is 12.8. The summed E-state index contributed by atoms with van der Waals surface area (Å²) in [5, 5.41) is 1.91. The number of carbonyl (C=O) groups is 1. The molecule has 4 rings (SSSR count). The van der Waals surface area contributed by atoms with Gasteiger partial charge in [0.1, 0.15) is 12.0 Å². The molecule has 0 bridgehead atoms. The first-order valence-corrected chi connectivity index (χ1v) is 5.96. The summed E-state index contributed by atoms with van der Waals surface area (Å²) in [5.41, 5.74) is 1.59. The molecule has 3 aliphatic rings. The first kappa shape index (κ1) is 10.3. The maximum atomic E-state index is 11.4. The van der Waals surface area contributed by atoms with Crippen LogP contribution in [0.4, 0.5) is 0 Å². The lowest BCUT2D eigenvalue weighted by Gasteiger charge is -2.28. The quantitative estimate of drug-likeness (QED) is 0.626. The van der Waals surface area contributed by atoms with Crippen LogP contribution in [0.3, 0.4) is 0 Å². The van der Waals surface area contributed by atoms with E-state index in [-0.39, 0.29) is 0 Å². The van der Waals surface area contributed by atoms with Gasteiger partial charge in [-0.1, -0.05) is 24.3 Å². The molecule has 92 valence electrons. The standard InChI is InChI=1S/C15H9NO3/c17-12-8-16-13-9-4-1-2-5-10(9)14-11(15(13)19-12)6-3-7-18-14/h1-8,15H. The van der Waals surface area contributed by atoms with E-state index < -0.39 is 12.1 Å². The van der Waals surface area contributed by atoms with Crippen LogP contribution in [0, 0.1) is 0 Å². The molecule has 0 N–H and O–H groups in total. The second-order valence-electron chi connectivity index (χ2n) is 4.40. The van der Waals surface area contributed by atoms with Crippen molar-refractivity contribution in [2.45, 2.75) is 6.10 Å². The van der Waals surface area contributed by atoms with Gasteiger partial charge in [-0.3, -0.25) is 0 Å². The largest absolute Gasteiger partial charge is 0.464 e. The predicted molar refractivity (Wildman–Crippen MR) is 69.2 cm³/mol. The van der Waals surface area contributed by atoms with E-state index in [9.17, 15) is 4.79 Å². The van der Waals surface area contributed by atoms with Gasteiger partial charge in [-0.05, 0) is 12.2 Å². The molecule has 1 atom stereocenters. The second kappa shape index (κ2) is 3.68. The number of nitrogens with zero attached hydrogens (tertiary/aromatic N) is 1. The van der Waals surface area contributed by atoms with Crippen LogP contribution in [-0.2, 0) is 14.3 Å². The first-order chi connectivity index (χ1) is 9.34. The van der Waals surface area contributed by atoms with Gasteiger partial charge in [0.25, 0.3) is 0 Å². The van der Waals surface area contributed by atoms with E-state index in [1.165, 1.54) is 6.21 Å². The molecule has 0 radical (unpaired) electrons. The second-order valence-corrected chi connectivity index (χ2v) is 4.40. The van der Waals surface area contributed by atoms with Gasteiger partial charge in [0.2, 0.25) is 0 Å². The molecule has 2 aliphatic heterocycles. The lowest BCUT2D eigenvalue weighted by molar-refractivity contribution is -0.136. The smallest absolute Gasteiger partial charge is 0.350 e. The summed E-state index contributed by atoms with van der Waals surface area (Å²) in [6.45, 7) is 0. The number of ether oxygens (including phenoxy) is 2. The summed E-state index contributed by atoms with van der Waals surface area (Å²) in [5.74, 6) is 0.305. The zero-order valence-electron chi connectivity index (χ0n) is 9.87. The minimum atomic E-state index is -0.479. The maximum absolute atomic E-state index is 11.4. The van der Waals surface area contributed by atoms with Crippen molar-refractivity contribution in [1.29, 1.82) is 0 Å². The summed E-state index contributed by atoms with van der Waals surface area (Å²) in [4.78, 5) is 15.7. The van der Waals surface area contributed by atoms with Crippen LogP contribution in [0.25, 0.3) is 11.5 Å². The molecule has 4 heteroatoms. The van der Waals surface area contributed by atoms with Crippen LogP contribution in [0.15, 0.2) is 53.2 Å². The number of fused-ring (bicyclic) bond motifs is 4. The molecule has 0 spiro atoms. The highest BCUT2D eigenvalue weighted by Gasteiger charge is 2.33. The third-order valence-electron chi connectivity index (χ3n) is 3.32. The zero-order valence-corrected chi connectivity index (χ0v) is 9.87. The number of allylic oxidation sites excluding steroid dienone is 2. The van der Waals surface area contributed by atoms with Crippen molar-refractivity contribution < 1.29 is 14.3 Å². The van der Waals surface area contributed by atoms with Crippen LogP contribution in [0.1, 0.15) is 0 Å². The molecule has 0 aromatic heterocycles. The van der Waals surface area contributed by atoms with Gasteiger partial charge < -0.3 is 9.47 Å². The van der Waals surface area contributed by atoms with E-state index in [1.807, 2.05) is 30.3 Å².